The normalized spacial score (nSPS) is 29.9. The second-order valence-electron chi connectivity index (χ2n) is 8.36. The van der Waals surface area contributed by atoms with Crippen molar-refractivity contribution >= 4 is 11.9 Å². The average molecular weight is 389 g/mol. The third-order valence-corrected chi connectivity index (χ3v) is 6.33. The van der Waals surface area contributed by atoms with E-state index in [9.17, 15) is 9.59 Å². The summed E-state index contributed by atoms with van der Waals surface area (Å²) in [6.07, 6.45) is 1.30. The fourth-order valence-corrected chi connectivity index (χ4v) is 4.90. The van der Waals surface area contributed by atoms with E-state index in [1.165, 1.54) is 0 Å². The molecule has 1 aromatic carbocycles. The number of para-hydroxylation sites is 1. The molecule has 3 aliphatic rings. The molecule has 0 aromatic heterocycles. The summed E-state index contributed by atoms with van der Waals surface area (Å²) in [7, 11) is 1.63. The summed E-state index contributed by atoms with van der Waals surface area (Å²) in [6.45, 7) is 4.71. The van der Waals surface area contributed by atoms with Crippen LogP contribution in [0.1, 0.15) is 51.2 Å². The van der Waals surface area contributed by atoms with Crippen LogP contribution in [0.25, 0.3) is 0 Å². The molecule has 2 saturated heterocycles. The molecule has 0 aliphatic carbocycles. The number of carboxylic acid groups (broad SMARTS) is 1. The van der Waals surface area contributed by atoms with E-state index in [4.69, 9.17) is 19.3 Å². The fourth-order valence-electron chi connectivity index (χ4n) is 4.90. The maximum absolute atomic E-state index is 12.6. The minimum atomic E-state index is -0.948. The highest BCUT2D eigenvalue weighted by atomic mass is 16.5. The second kappa shape index (κ2) is 6.95. The van der Waals surface area contributed by atoms with E-state index in [0.717, 1.165) is 24.2 Å². The minimum Gasteiger partial charge on any atom is -0.493 e. The average Bonchev–Trinajstić information content (AvgIpc) is 3.07. The number of rotatable bonds is 4. The van der Waals surface area contributed by atoms with Crippen LogP contribution in [0.3, 0.4) is 0 Å². The number of hydrogen-bond donors (Lipinski definition) is 1. The molecule has 0 unspecified atom stereocenters. The third-order valence-electron chi connectivity index (χ3n) is 6.33. The predicted molar refractivity (Wildman–Crippen MR) is 100 cm³/mol. The number of nitrogens with zero attached hydrogens (tertiary/aromatic N) is 1. The van der Waals surface area contributed by atoms with Crippen molar-refractivity contribution in [2.24, 2.45) is 5.92 Å². The monoisotopic (exact) mass is 389 g/mol. The zero-order chi connectivity index (χ0) is 20.1. The molecule has 0 spiro atoms. The number of likely N-dealkylation sites (tertiary alicyclic amines) is 1. The van der Waals surface area contributed by atoms with Crippen LogP contribution in [0.4, 0.5) is 0 Å². The van der Waals surface area contributed by atoms with Crippen molar-refractivity contribution in [3.63, 3.8) is 0 Å². The van der Waals surface area contributed by atoms with Gasteiger partial charge in [0.1, 0.15) is 5.60 Å². The Morgan fingerprint density at radius 3 is 2.82 bits per heavy atom. The van der Waals surface area contributed by atoms with Gasteiger partial charge in [0, 0.05) is 24.4 Å². The lowest BCUT2D eigenvalue weighted by Crippen LogP contribution is -2.54. The van der Waals surface area contributed by atoms with Gasteiger partial charge in [-0.25, -0.2) is 0 Å². The van der Waals surface area contributed by atoms with Crippen LogP contribution in [0.5, 0.6) is 11.5 Å². The van der Waals surface area contributed by atoms with E-state index in [2.05, 4.69) is 13.8 Å². The molecule has 1 amide bonds. The molecule has 0 radical (unpaired) electrons. The van der Waals surface area contributed by atoms with Crippen molar-refractivity contribution in [1.82, 2.24) is 4.90 Å². The Morgan fingerprint density at radius 1 is 1.32 bits per heavy atom. The second-order valence-corrected chi connectivity index (χ2v) is 8.36. The van der Waals surface area contributed by atoms with E-state index in [1.807, 2.05) is 23.1 Å². The van der Waals surface area contributed by atoms with Crippen molar-refractivity contribution in [3.05, 3.63) is 23.8 Å². The summed E-state index contributed by atoms with van der Waals surface area (Å²) in [4.78, 5) is 25.2. The molecule has 1 N–H and O–H groups in total. The van der Waals surface area contributed by atoms with E-state index in [0.29, 0.717) is 12.3 Å². The summed E-state index contributed by atoms with van der Waals surface area (Å²) in [5.41, 5.74) is 0.521. The van der Waals surface area contributed by atoms with Crippen LogP contribution in [0, 0.1) is 5.92 Å². The van der Waals surface area contributed by atoms with Gasteiger partial charge < -0.3 is 24.2 Å². The topological polar surface area (TPSA) is 85.3 Å². The Labute approximate surface area is 164 Å². The smallest absolute Gasteiger partial charge is 0.303 e. The number of fused-ring (bicyclic) bond motifs is 4. The highest BCUT2D eigenvalue weighted by Crippen LogP contribution is 2.54. The number of aliphatic carboxylic acids is 1. The van der Waals surface area contributed by atoms with Crippen molar-refractivity contribution in [2.75, 3.05) is 13.7 Å². The van der Waals surface area contributed by atoms with Crippen LogP contribution < -0.4 is 9.47 Å². The largest absolute Gasteiger partial charge is 0.493 e. The zero-order valence-corrected chi connectivity index (χ0v) is 16.5. The van der Waals surface area contributed by atoms with Crippen molar-refractivity contribution < 1.29 is 28.9 Å². The first-order chi connectivity index (χ1) is 13.3. The first-order valence-corrected chi connectivity index (χ1v) is 9.84. The molecule has 2 fully saturated rings. The Morgan fingerprint density at radius 2 is 2.11 bits per heavy atom. The highest BCUT2D eigenvalue weighted by Gasteiger charge is 2.54. The van der Waals surface area contributed by atoms with Gasteiger partial charge in [-0.15, -0.1) is 0 Å². The van der Waals surface area contributed by atoms with Gasteiger partial charge in [0.15, 0.2) is 11.5 Å². The number of ether oxygens (including phenoxy) is 3. The van der Waals surface area contributed by atoms with Crippen LogP contribution in [0.2, 0.25) is 0 Å². The molecule has 1 aromatic rings. The lowest BCUT2D eigenvalue weighted by atomic mass is 9.74. The molecule has 3 heterocycles. The van der Waals surface area contributed by atoms with Gasteiger partial charge in [0.25, 0.3) is 0 Å². The molecular formula is C21H27NO6. The van der Waals surface area contributed by atoms with Gasteiger partial charge in [-0.2, -0.15) is 0 Å². The van der Waals surface area contributed by atoms with Gasteiger partial charge in [-0.05, 0) is 32.8 Å². The first-order valence-electron chi connectivity index (χ1n) is 9.84. The minimum absolute atomic E-state index is 0.0300. The lowest BCUT2D eigenvalue weighted by Gasteiger charge is -2.50. The van der Waals surface area contributed by atoms with Gasteiger partial charge in [-0.3, -0.25) is 9.59 Å². The Bertz CT molecular complexity index is 791. The number of hydrogen-bond acceptors (Lipinski definition) is 5. The summed E-state index contributed by atoms with van der Waals surface area (Å²) < 4.78 is 18.4. The number of carbonyl (C=O) groups excluding carboxylic acids is 1. The molecule has 0 bridgehead atoms. The summed E-state index contributed by atoms with van der Waals surface area (Å²) >= 11 is 0. The molecule has 152 valence electrons. The highest BCUT2D eigenvalue weighted by molar-refractivity contribution is 5.81. The van der Waals surface area contributed by atoms with E-state index < -0.39 is 11.6 Å². The van der Waals surface area contributed by atoms with Gasteiger partial charge in [0.05, 0.1) is 31.8 Å². The maximum Gasteiger partial charge on any atom is 0.303 e. The van der Waals surface area contributed by atoms with Crippen LogP contribution in [-0.2, 0) is 14.3 Å². The number of carbonyl (C=O) groups is 2. The third kappa shape index (κ3) is 3.11. The number of amides is 1. The zero-order valence-electron chi connectivity index (χ0n) is 16.5. The molecular weight excluding hydrogens is 362 g/mol. The molecule has 7 heteroatoms. The van der Waals surface area contributed by atoms with Crippen molar-refractivity contribution in [1.29, 1.82) is 0 Å². The van der Waals surface area contributed by atoms with Crippen LogP contribution >= 0.6 is 0 Å². The van der Waals surface area contributed by atoms with Crippen molar-refractivity contribution in [3.8, 4) is 11.5 Å². The van der Waals surface area contributed by atoms with E-state index in [1.54, 1.807) is 7.11 Å². The summed E-state index contributed by atoms with van der Waals surface area (Å²) in [5.74, 6) is 0.472. The summed E-state index contributed by atoms with van der Waals surface area (Å²) in [6, 6.07) is 5.83. The fraction of sp³-hybridized carbons (Fsp3) is 0.619. The standard InChI is InChI=1S/C21H27NO6/c1-21(2)13-11-14-15(9-10-22(14)17(23)7-8-18(24)25)27-19(13)12-5-4-6-16(26-3)20(12)28-21/h4-6,13-15,19H,7-11H2,1-3H3,(H,24,25)/t13-,14+,15-,19+/m0/s1. The molecule has 3 aliphatic heterocycles. The van der Waals surface area contributed by atoms with Gasteiger partial charge in [-0.1, -0.05) is 12.1 Å². The molecule has 28 heavy (non-hydrogen) atoms. The Balaban J connectivity index is 1.60. The van der Waals surface area contributed by atoms with Crippen LogP contribution in [0.15, 0.2) is 18.2 Å². The quantitative estimate of drug-likeness (QED) is 0.852. The lowest BCUT2D eigenvalue weighted by molar-refractivity contribution is -0.168. The maximum atomic E-state index is 12.6. The van der Waals surface area contributed by atoms with Gasteiger partial charge >= 0.3 is 5.97 Å². The van der Waals surface area contributed by atoms with Crippen molar-refractivity contribution in [2.45, 2.75) is 63.4 Å². The van der Waals surface area contributed by atoms with Gasteiger partial charge in [0.2, 0.25) is 5.91 Å². The Hall–Kier alpha value is -2.28. The van der Waals surface area contributed by atoms with E-state index in [-0.39, 0.29) is 42.9 Å². The predicted octanol–water partition coefficient (Wildman–Crippen LogP) is 2.78. The summed E-state index contributed by atoms with van der Waals surface area (Å²) in [5, 5.41) is 8.87. The van der Waals surface area contributed by atoms with E-state index >= 15 is 0 Å². The molecule has 4 atom stereocenters. The number of methoxy groups -OCH3 is 1. The Kier molecular flexibility index (Phi) is 4.73. The first kappa shape index (κ1) is 19.1. The van der Waals surface area contributed by atoms with Crippen LogP contribution in [-0.4, -0.2) is 53.3 Å². The number of benzene rings is 1. The molecule has 0 saturated carbocycles. The molecule has 4 rings (SSSR count). The molecule has 7 nitrogen and oxygen atoms in total. The number of carboxylic acids is 1. The SMILES string of the molecule is COc1cccc2c1OC(C)(C)[C@H]1C[C@@H]3[C@H](CCN3C(=O)CCC(=O)O)O[C@H]21.